The van der Waals surface area contributed by atoms with Gasteiger partial charge in [0.05, 0.1) is 46.8 Å². The molecule has 0 saturated heterocycles. The molecule has 20 nitrogen and oxygen atoms in total. The van der Waals surface area contributed by atoms with Gasteiger partial charge in [0.1, 0.15) is 24.3 Å². The van der Waals surface area contributed by atoms with Gasteiger partial charge in [0.2, 0.25) is 21.7 Å². The van der Waals surface area contributed by atoms with Crippen LogP contribution >= 0.6 is 0 Å². The van der Waals surface area contributed by atoms with Crippen LogP contribution in [0.5, 0.6) is 11.5 Å². The molecule has 4 aromatic carbocycles. The first-order valence-electron chi connectivity index (χ1n) is 18.2. The number of methoxy groups -OCH3 is 2. The SMILES string of the molecule is COc1ccc(NC(=O)CC(=O)N2N=C(C)[C@H](N=Nc3ccc(S(=O)(=O)c4ccc(N=N[C@H]5C(=O)N(C(=O)CC(=O)Nc6ccc(OC)cc6)N=C5C)cc4)cc3)C2=O)cc1. The minimum absolute atomic E-state index is 0.0778. The van der Waals surface area contributed by atoms with E-state index in [2.05, 4.69) is 41.3 Å². The number of nitrogens with one attached hydrogen (secondary N) is 2. The van der Waals surface area contributed by atoms with Gasteiger partial charge in [-0.15, -0.1) is 0 Å². The van der Waals surface area contributed by atoms with Crippen LogP contribution in [0, 0.1) is 0 Å². The first kappa shape index (κ1) is 42.8. The molecule has 0 saturated carbocycles. The van der Waals surface area contributed by atoms with Gasteiger partial charge in [-0.3, -0.25) is 28.8 Å². The van der Waals surface area contributed by atoms with E-state index in [-0.39, 0.29) is 32.6 Å². The maximum atomic E-state index is 13.4. The second-order valence-corrected chi connectivity index (χ2v) is 15.2. The number of hydrazone groups is 2. The number of rotatable bonds is 14. The van der Waals surface area contributed by atoms with Crippen molar-refractivity contribution in [1.29, 1.82) is 0 Å². The van der Waals surface area contributed by atoms with Crippen molar-refractivity contribution in [3.8, 4) is 11.5 Å². The van der Waals surface area contributed by atoms with E-state index in [4.69, 9.17) is 9.47 Å². The number of azo groups is 2. The van der Waals surface area contributed by atoms with Crippen LogP contribution in [0.3, 0.4) is 0 Å². The second kappa shape index (κ2) is 18.4. The predicted molar refractivity (Wildman–Crippen MR) is 217 cm³/mol. The molecular formula is C40H36N10O10S. The standard InChI is InChI=1S/C40H36N10O10S/c1-23-37(39(55)49(47-23)35(53)21-33(51)41-25-5-13-29(59-3)14-6-25)45-43-27-9-17-31(18-10-27)61(57,58)32-19-11-28(12-20-32)44-46-38-24(2)48-50(40(38)56)36(54)22-34(52)42-26-7-15-30(60-4)16-8-26/h5-20,37-38H,21-22H2,1-4H3,(H,41,51)(H,42,52)/t37-,38+. The average molecular weight is 849 g/mol. The van der Waals surface area contributed by atoms with Gasteiger partial charge in [0.25, 0.3) is 23.6 Å². The smallest absolute Gasteiger partial charge is 0.282 e. The maximum absolute atomic E-state index is 13.4. The lowest BCUT2D eigenvalue weighted by atomic mass is 10.2. The minimum atomic E-state index is -4.02. The van der Waals surface area contributed by atoms with Gasteiger partial charge >= 0.3 is 0 Å². The fourth-order valence-corrected chi connectivity index (χ4v) is 6.95. The van der Waals surface area contributed by atoms with Crippen molar-refractivity contribution >= 4 is 79.5 Å². The Morgan fingerprint density at radius 1 is 0.590 bits per heavy atom. The molecule has 2 aliphatic heterocycles. The number of nitrogens with zero attached hydrogens (tertiary/aromatic N) is 8. The highest BCUT2D eigenvalue weighted by molar-refractivity contribution is 7.91. The van der Waals surface area contributed by atoms with Crippen molar-refractivity contribution in [1.82, 2.24) is 10.0 Å². The molecule has 0 bridgehead atoms. The molecule has 61 heavy (non-hydrogen) atoms. The molecule has 2 aliphatic rings. The Labute approximate surface area is 347 Å². The summed E-state index contributed by atoms with van der Waals surface area (Å²) in [6.45, 7) is 2.95. The summed E-state index contributed by atoms with van der Waals surface area (Å²) < 4.78 is 37.0. The predicted octanol–water partition coefficient (Wildman–Crippen LogP) is 4.99. The van der Waals surface area contributed by atoms with Crippen molar-refractivity contribution in [2.75, 3.05) is 24.9 Å². The molecule has 6 rings (SSSR count). The molecule has 312 valence electrons. The monoisotopic (exact) mass is 848 g/mol. The number of benzene rings is 4. The highest BCUT2D eigenvalue weighted by atomic mass is 32.2. The number of hydrogen-bond acceptors (Lipinski definition) is 16. The number of amides is 6. The maximum Gasteiger partial charge on any atom is 0.282 e. The van der Waals surface area contributed by atoms with Crippen molar-refractivity contribution in [3.05, 3.63) is 97.1 Å². The van der Waals surface area contributed by atoms with Gasteiger partial charge in [0.15, 0.2) is 12.1 Å². The Hall–Kier alpha value is -7.81. The number of carbonyl (C=O) groups is 6. The van der Waals surface area contributed by atoms with Crippen LogP contribution in [0.15, 0.2) is 138 Å². The summed E-state index contributed by atoms with van der Waals surface area (Å²) in [5, 5.41) is 30.3. The third-order valence-corrected chi connectivity index (χ3v) is 10.7. The van der Waals surface area contributed by atoms with Crippen molar-refractivity contribution < 1.29 is 46.7 Å². The summed E-state index contributed by atoms with van der Waals surface area (Å²) in [7, 11) is -1.02. The van der Waals surface area contributed by atoms with E-state index in [0.29, 0.717) is 32.9 Å². The van der Waals surface area contributed by atoms with Gasteiger partial charge in [0, 0.05) is 11.4 Å². The average Bonchev–Trinajstić information content (AvgIpc) is 3.71. The Bertz CT molecular complexity index is 2440. The van der Waals surface area contributed by atoms with Crippen LogP contribution < -0.4 is 20.1 Å². The molecule has 0 spiro atoms. The summed E-state index contributed by atoms with van der Waals surface area (Å²) in [6.07, 6.45) is -1.31. The van der Waals surface area contributed by atoms with Gasteiger partial charge in [-0.05, 0) is 111 Å². The quantitative estimate of drug-likeness (QED) is 0.127. The Kier molecular flexibility index (Phi) is 12.9. The van der Waals surface area contributed by atoms with Crippen LogP contribution in [0.4, 0.5) is 22.7 Å². The van der Waals surface area contributed by atoms with Gasteiger partial charge < -0.3 is 20.1 Å². The molecule has 2 heterocycles. The number of imide groups is 2. The molecular weight excluding hydrogens is 813 g/mol. The zero-order valence-corrected chi connectivity index (χ0v) is 33.7. The van der Waals surface area contributed by atoms with Crippen LogP contribution in [0.1, 0.15) is 26.7 Å². The lowest BCUT2D eigenvalue weighted by molar-refractivity contribution is -0.146. The highest BCUT2D eigenvalue weighted by Gasteiger charge is 2.39. The van der Waals surface area contributed by atoms with Gasteiger partial charge in [-0.25, -0.2) is 8.42 Å². The van der Waals surface area contributed by atoms with Crippen LogP contribution in [0.25, 0.3) is 0 Å². The fraction of sp³-hybridized carbons (Fsp3) is 0.200. The molecule has 0 aromatic heterocycles. The number of hydrogen-bond donors (Lipinski definition) is 2. The second-order valence-electron chi connectivity index (χ2n) is 13.2. The first-order chi connectivity index (χ1) is 29.2. The molecule has 21 heteroatoms. The fourth-order valence-electron chi connectivity index (χ4n) is 5.69. The number of sulfone groups is 1. The summed E-state index contributed by atoms with van der Waals surface area (Å²) in [6, 6.07) is 21.1. The largest absolute Gasteiger partial charge is 0.497 e. The van der Waals surface area contributed by atoms with E-state index in [1.165, 1.54) is 76.6 Å². The molecule has 4 aromatic rings. The number of carbonyl (C=O) groups excluding carboxylic acids is 6. The van der Waals surface area contributed by atoms with Crippen LogP contribution in [-0.2, 0) is 38.6 Å². The molecule has 0 unspecified atom stereocenters. The third kappa shape index (κ3) is 10.1. The molecule has 2 N–H and O–H groups in total. The summed E-state index contributed by atoms with van der Waals surface area (Å²) in [5.41, 5.74) is 1.59. The van der Waals surface area contributed by atoms with E-state index < -0.39 is 70.2 Å². The van der Waals surface area contributed by atoms with Crippen molar-refractivity contribution in [3.63, 3.8) is 0 Å². The summed E-state index contributed by atoms with van der Waals surface area (Å²) in [4.78, 5) is 76.1. The first-order valence-corrected chi connectivity index (χ1v) is 19.6. The normalized spacial score (nSPS) is 16.5. The van der Waals surface area contributed by atoms with E-state index in [0.717, 1.165) is 0 Å². The molecule has 2 atom stereocenters. The van der Waals surface area contributed by atoms with Crippen LogP contribution in [0.2, 0.25) is 0 Å². The molecule has 6 amide bonds. The molecule has 0 aliphatic carbocycles. The Morgan fingerprint density at radius 3 is 1.26 bits per heavy atom. The number of anilines is 2. The van der Waals surface area contributed by atoms with Crippen LogP contribution in [-0.4, -0.2) is 91.6 Å². The zero-order chi connectivity index (χ0) is 43.8. The van der Waals surface area contributed by atoms with E-state index in [1.54, 1.807) is 48.5 Å². The van der Waals surface area contributed by atoms with Gasteiger partial charge in [-0.1, -0.05) is 0 Å². The van der Waals surface area contributed by atoms with Crippen molar-refractivity contribution in [2.45, 2.75) is 48.6 Å². The number of ether oxygens (including phenoxy) is 2. The van der Waals surface area contributed by atoms with E-state index in [1.807, 2.05) is 0 Å². The topological polar surface area (TPSA) is 260 Å². The summed E-state index contributed by atoms with van der Waals surface area (Å²) >= 11 is 0. The Morgan fingerprint density at radius 2 is 0.934 bits per heavy atom. The van der Waals surface area contributed by atoms with E-state index in [9.17, 15) is 37.2 Å². The highest BCUT2D eigenvalue weighted by Crippen LogP contribution is 2.27. The third-order valence-electron chi connectivity index (χ3n) is 8.91. The Balaban J connectivity index is 1.01. The lowest BCUT2D eigenvalue weighted by Crippen LogP contribution is -2.36. The molecule has 0 fully saturated rings. The zero-order valence-electron chi connectivity index (χ0n) is 32.9. The minimum Gasteiger partial charge on any atom is -0.497 e. The summed E-state index contributed by atoms with van der Waals surface area (Å²) in [5.74, 6) is -3.48. The van der Waals surface area contributed by atoms with Gasteiger partial charge in [-0.2, -0.15) is 40.7 Å². The lowest BCUT2D eigenvalue weighted by Gasteiger charge is -2.11. The molecule has 0 radical (unpaired) electrons. The van der Waals surface area contributed by atoms with Crippen molar-refractivity contribution in [2.24, 2.45) is 30.7 Å². The van der Waals surface area contributed by atoms with E-state index >= 15 is 0 Å².